The minimum Gasteiger partial charge on any atom is -0.497 e. The predicted molar refractivity (Wildman–Crippen MR) is 176 cm³/mol. The first-order valence-corrected chi connectivity index (χ1v) is 15.9. The lowest BCUT2D eigenvalue weighted by molar-refractivity contribution is -0.114. The number of nitrogens with zero attached hydrogens (tertiary/aromatic N) is 2. The number of alkyl halides is 1. The molecule has 1 heterocycles. The van der Waals surface area contributed by atoms with Crippen molar-refractivity contribution >= 4 is 50.0 Å². The van der Waals surface area contributed by atoms with E-state index in [4.69, 9.17) is 9.47 Å². The van der Waals surface area contributed by atoms with Crippen LogP contribution >= 0.6 is 15.9 Å². The molecule has 0 radical (unpaired) electrons. The van der Waals surface area contributed by atoms with E-state index in [0.717, 1.165) is 54.5 Å². The number of unbranched alkanes of at least 4 members (excludes halogenated alkanes) is 4. The molecule has 0 aliphatic rings. The monoisotopic (exact) mass is 683 g/mol. The zero-order valence-electron chi connectivity index (χ0n) is 25.5. The number of methoxy groups -OCH3 is 1. The van der Waals surface area contributed by atoms with Crippen LogP contribution in [0.5, 0.6) is 11.5 Å². The highest BCUT2D eigenvalue weighted by Crippen LogP contribution is 2.29. The van der Waals surface area contributed by atoms with Crippen LogP contribution in [0.2, 0.25) is 0 Å². The van der Waals surface area contributed by atoms with Crippen molar-refractivity contribution in [1.29, 1.82) is 0 Å². The molecule has 4 rings (SSSR count). The zero-order chi connectivity index (χ0) is 32.5. The van der Waals surface area contributed by atoms with Crippen molar-refractivity contribution in [2.45, 2.75) is 46.0 Å². The zero-order valence-corrected chi connectivity index (χ0v) is 27.1. The van der Waals surface area contributed by atoms with Crippen molar-refractivity contribution in [1.82, 2.24) is 4.57 Å². The standard InChI is InChI=1S/C34H36BrF2N3O5/c1-4-39(26-15-23(36)14-24(37)16-26)34(43)31-21-40(27-17-25(38-22(2)41)18-29(19-27)44-3)32-20-28(10-11-30(32)33(31)42)45-13-9-7-5-6-8-12-35/h10-11,14-21H,4-9,12-13H2,1-3H3,(H,38,41). The quantitative estimate of drug-likeness (QED) is 0.109. The Balaban J connectivity index is 1.83. The number of amides is 2. The molecule has 0 unspecified atom stereocenters. The summed E-state index contributed by atoms with van der Waals surface area (Å²) in [6.45, 7) is 3.58. The number of halogens is 3. The van der Waals surface area contributed by atoms with Gasteiger partial charge in [-0.3, -0.25) is 14.4 Å². The minimum absolute atomic E-state index is 0.0173. The van der Waals surface area contributed by atoms with E-state index in [1.165, 1.54) is 20.2 Å². The second kappa shape index (κ2) is 15.7. The highest BCUT2D eigenvalue weighted by atomic mass is 79.9. The molecule has 1 N–H and O–H groups in total. The normalized spacial score (nSPS) is 11.0. The van der Waals surface area contributed by atoms with Gasteiger partial charge < -0.3 is 24.3 Å². The molecular formula is C34H36BrF2N3O5. The smallest absolute Gasteiger partial charge is 0.263 e. The van der Waals surface area contributed by atoms with Gasteiger partial charge in [0.25, 0.3) is 5.91 Å². The molecular weight excluding hydrogens is 648 g/mol. The molecule has 0 spiro atoms. The number of benzene rings is 3. The van der Waals surface area contributed by atoms with E-state index in [1.54, 1.807) is 47.9 Å². The first kappa shape index (κ1) is 33.6. The summed E-state index contributed by atoms with van der Waals surface area (Å²) >= 11 is 3.45. The average Bonchev–Trinajstić information content (AvgIpc) is 3.00. The van der Waals surface area contributed by atoms with E-state index in [0.29, 0.717) is 41.1 Å². The summed E-state index contributed by atoms with van der Waals surface area (Å²) in [5.74, 6) is -1.74. The maximum absolute atomic E-state index is 14.1. The molecule has 3 aromatic carbocycles. The van der Waals surface area contributed by atoms with Crippen LogP contribution in [0.3, 0.4) is 0 Å². The second-order valence-corrected chi connectivity index (χ2v) is 11.3. The Kier molecular flexibility index (Phi) is 11.7. The lowest BCUT2D eigenvalue weighted by Gasteiger charge is -2.22. The van der Waals surface area contributed by atoms with E-state index in [1.807, 2.05) is 0 Å². The van der Waals surface area contributed by atoms with E-state index < -0.39 is 23.0 Å². The summed E-state index contributed by atoms with van der Waals surface area (Å²) in [6, 6.07) is 12.8. The third-order valence-corrected chi connectivity index (χ3v) is 7.76. The van der Waals surface area contributed by atoms with Crippen LogP contribution in [0.15, 0.2) is 65.6 Å². The fourth-order valence-electron chi connectivity index (χ4n) is 5.08. The van der Waals surface area contributed by atoms with Crippen LogP contribution in [0.1, 0.15) is 56.3 Å². The van der Waals surface area contributed by atoms with Crippen LogP contribution in [0, 0.1) is 11.6 Å². The number of ether oxygens (including phenoxy) is 2. The van der Waals surface area contributed by atoms with Crippen LogP contribution in [-0.2, 0) is 4.79 Å². The number of aromatic nitrogens is 1. The molecule has 2 amide bonds. The molecule has 0 fully saturated rings. The van der Waals surface area contributed by atoms with Crippen molar-refractivity contribution in [2.75, 3.05) is 35.8 Å². The molecule has 8 nitrogen and oxygen atoms in total. The lowest BCUT2D eigenvalue weighted by Crippen LogP contribution is -2.35. The summed E-state index contributed by atoms with van der Waals surface area (Å²) in [5, 5.41) is 3.97. The van der Waals surface area contributed by atoms with Crippen molar-refractivity contribution in [3.05, 3.63) is 88.2 Å². The Hall–Kier alpha value is -4.25. The van der Waals surface area contributed by atoms with Gasteiger partial charge in [-0.1, -0.05) is 35.2 Å². The number of rotatable bonds is 14. The van der Waals surface area contributed by atoms with E-state index in [9.17, 15) is 23.2 Å². The predicted octanol–water partition coefficient (Wildman–Crippen LogP) is 7.63. The van der Waals surface area contributed by atoms with Crippen molar-refractivity contribution in [2.24, 2.45) is 0 Å². The Bertz CT molecular complexity index is 1720. The van der Waals surface area contributed by atoms with E-state index >= 15 is 0 Å². The maximum atomic E-state index is 14.1. The van der Waals surface area contributed by atoms with Gasteiger partial charge >= 0.3 is 0 Å². The molecule has 11 heteroatoms. The van der Waals surface area contributed by atoms with Crippen molar-refractivity contribution in [3.63, 3.8) is 0 Å². The van der Waals surface area contributed by atoms with Crippen LogP contribution in [0.4, 0.5) is 20.2 Å². The van der Waals surface area contributed by atoms with Gasteiger partial charge in [0.15, 0.2) is 0 Å². The van der Waals surface area contributed by atoms with Gasteiger partial charge in [0.05, 0.1) is 24.9 Å². The largest absolute Gasteiger partial charge is 0.497 e. The van der Waals surface area contributed by atoms with Gasteiger partial charge in [0, 0.05) is 66.0 Å². The highest BCUT2D eigenvalue weighted by Gasteiger charge is 2.24. The number of carbonyl (C=O) groups excluding carboxylic acids is 2. The van der Waals surface area contributed by atoms with Crippen LogP contribution in [-0.4, -0.2) is 42.0 Å². The number of anilines is 2. The van der Waals surface area contributed by atoms with Crippen molar-refractivity contribution < 1.29 is 27.8 Å². The minimum atomic E-state index is -0.847. The van der Waals surface area contributed by atoms with E-state index in [2.05, 4.69) is 21.2 Å². The summed E-state index contributed by atoms with van der Waals surface area (Å²) in [6.07, 6.45) is 6.72. The Morgan fingerprint density at radius 3 is 2.31 bits per heavy atom. The molecule has 0 aliphatic carbocycles. The Labute approximate surface area is 269 Å². The number of hydrogen-bond acceptors (Lipinski definition) is 5. The van der Waals surface area contributed by atoms with Crippen LogP contribution in [0.25, 0.3) is 16.6 Å². The second-order valence-electron chi connectivity index (χ2n) is 10.5. The highest BCUT2D eigenvalue weighted by molar-refractivity contribution is 9.09. The molecule has 0 aliphatic heterocycles. The Morgan fingerprint density at radius 2 is 1.64 bits per heavy atom. The topological polar surface area (TPSA) is 89.9 Å². The summed E-state index contributed by atoms with van der Waals surface area (Å²) in [7, 11) is 1.48. The summed E-state index contributed by atoms with van der Waals surface area (Å²) in [4.78, 5) is 40.7. The van der Waals surface area contributed by atoms with Gasteiger partial charge in [-0.2, -0.15) is 0 Å². The average molecular weight is 685 g/mol. The number of fused-ring (bicyclic) bond motifs is 1. The van der Waals surface area contributed by atoms with Crippen molar-refractivity contribution in [3.8, 4) is 17.2 Å². The molecule has 238 valence electrons. The molecule has 0 saturated heterocycles. The molecule has 0 atom stereocenters. The van der Waals surface area contributed by atoms with Gasteiger partial charge in [-0.05, 0) is 50.1 Å². The molecule has 1 aromatic heterocycles. The van der Waals surface area contributed by atoms with Gasteiger partial charge in [0.1, 0.15) is 28.7 Å². The number of hydrogen-bond donors (Lipinski definition) is 1. The molecule has 45 heavy (non-hydrogen) atoms. The lowest BCUT2D eigenvalue weighted by atomic mass is 10.1. The fourth-order valence-corrected chi connectivity index (χ4v) is 5.47. The number of nitrogens with one attached hydrogen (secondary N) is 1. The van der Waals surface area contributed by atoms with E-state index in [-0.39, 0.29) is 29.1 Å². The fraction of sp³-hybridized carbons (Fsp3) is 0.324. The molecule has 4 aromatic rings. The van der Waals surface area contributed by atoms with Gasteiger partial charge in [0.2, 0.25) is 11.3 Å². The summed E-state index contributed by atoms with van der Waals surface area (Å²) in [5.41, 5.74) is 0.597. The summed E-state index contributed by atoms with van der Waals surface area (Å²) < 4.78 is 41.3. The molecule has 0 bridgehead atoms. The first-order valence-electron chi connectivity index (χ1n) is 14.8. The van der Waals surface area contributed by atoms with Gasteiger partial charge in [-0.15, -0.1) is 0 Å². The van der Waals surface area contributed by atoms with Gasteiger partial charge in [-0.25, -0.2) is 8.78 Å². The number of carbonyl (C=O) groups is 2. The number of pyridine rings is 1. The molecule has 0 saturated carbocycles. The third kappa shape index (κ3) is 8.48. The first-order chi connectivity index (χ1) is 21.6. The third-order valence-electron chi connectivity index (χ3n) is 7.20. The van der Waals surface area contributed by atoms with Crippen LogP contribution < -0.4 is 25.1 Å². The maximum Gasteiger partial charge on any atom is 0.263 e. The SMILES string of the molecule is CCN(C(=O)c1cn(-c2cc(NC(C)=O)cc(OC)c2)c2cc(OCCCCCCCBr)ccc2c1=O)c1cc(F)cc(F)c1. The Morgan fingerprint density at radius 1 is 0.933 bits per heavy atom.